The highest BCUT2D eigenvalue weighted by atomic mass is 32.2. The molecule has 0 amide bonds. The molecule has 0 radical (unpaired) electrons. The van der Waals surface area contributed by atoms with Crippen LogP contribution in [0.4, 0.5) is 0 Å². The zero-order valence-corrected chi connectivity index (χ0v) is 13.2. The van der Waals surface area contributed by atoms with Crippen LogP contribution in [0.5, 0.6) is 0 Å². The van der Waals surface area contributed by atoms with Gasteiger partial charge in [-0.15, -0.1) is 0 Å². The lowest BCUT2D eigenvalue weighted by Gasteiger charge is -2.30. The van der Waals surface area contributed by atoms with E-state index in [1.165, 1.54) is 4.31 Å². The maximum Gasteiger partial charge on any atom is 0.279 e. The van der Waals surface area contributed by atoms with E-state index in [1.54, 1.807) is 7.05 Å². The molecule has 2 unspecified atom stereocenters. The largest absolute Gasteiger partial charge is 0.376 e. The topological polar surface area (TPSA) is 70.7 Å². The van der Waals surface area contributed by atoms with E-state index in [9.17, 15) is 8.42 Å². The van der Waals surface area contributed by atoms with Crippen molar-refractivity contribution in [2.75, 3.05) is 33.3 Å². The maximum atomic E-state index is 12.2. The number of ether oxygens (including phenoxy) is 1. The molecule has 2 atom stereocenters. The lowest BCUT2D eigenvalue weighted by atomic mass is 9.97. The average molecular weight is 293 g/mol. The summed E-state index contributed by atoms with van der Waals surface area (Å²) in [6, 6.07) is 0. The molecule has 6 nitrogen and oxygen atoms in total. The normalized spacial score (nSPS) is 28.2. The van der Waals surface area contributed by atoms with Crippen molar-refractivity contribution in [1.82, 2.24) is 14.3 Å². The fourth-order valence-corrected chi connectivity index (χ4v) is 3.45. The van der Waals surface area contributed by atoms with Gasteiger partial charge in [-0.25, -0.2) is 0 Å². The van der Waals surface area contributed by atoms with Crippen LogP contribution in [0.15, 0.2) is 0 Å². The third-order valence-electron chi connectivity index (χ3n) is 3.74. The smallest absolute Gasteiger partial charge is 0.279 e. The van der Waals surface area contributed by atoms with E-state index in [1.807, 2.05) is 20.8 Å². The quantitative estimate of drug-likeness (QED) is 0.632. The predicted molar refractivity (Wildman–Crippen MR) is 76.3 cm³/mol. The number of rotatable bonds is 8. The summed E-state index contributed by atoms with van der Waals surface area (Å²) in [5, 5.41) is 3.18. The number of nitrogens with one attached hydrogen (secondary N) is 2. The van der Waals surface area contributed by atoms with Gasteiger partial charge >= 0.3 is 0 Å². The van der Waals surface area contributed by atoms with Gasteiger partial charge in [-0.05, 0) is 39.8 Å². The first-order valence-corrected chi connectivity index (χ1v) is 8.33. The summed E-state index contributed by atoms with van der Waals surface area (Å²) in [4.78, 5) is 0. The second-order valence-corrected chi connectivity index (χ2v) is 7.09. The van der Waals surface area contributed by atoms with Crippen LogP contribution in [0.1, 0.15) is 33.6 Å². The van der Waals surface area contributed by atoms with Crippen molar-refractivity contribution in [1.29, 1.82) is 0 Å². The molecule has 7 heteroatoms. The van der Waals surface area contributed by atoms with E-state index >= 15 is 0 Å². The van der Waals surface area contributed by atoms with Crippen molar-refractivity contribution in [2.45, 2.75) is 45.3 Å². The Bertz CT molecular complexity index is 374. The summed E-state index contributed by atoms with van der Waals surface area (Å²) in [5.74, 6) is 0. The van der Waals surface area contributed by atoms with Gasteiger partial charge in [0, 0.05) is 20.2 Å². The van der Waals surface area contributed by atoms with E-state index in [-0.39, 0.29) is 6.10 Å². The molecule has 1 heterocycles. The zero-order chi connectivity index (χ0) is 14.5. The van der Waals surface area contributed by atoms with E-state index in [2.05, 4.69) is 10.0 Å². The molecule has 1 fully saturated rings. The Kier molecular flexibility index (Phi) is 6.19. The first-order chi connectivity index (χ1) is 8.82. The molecule has 19 heavy (non-hydrogen) atoms. The van der Waals surface area contributed by atoms with Crippen LogP contribution in [0.2, 0.25) is 0 Å². The molecule has 0 aromatic rings. The SMILES string of the molecule is CCNCCCN(C)S(=O)(=O)NC1(C)CCOC1C. The fraction of sp³-hybridized carbons (Fsp3) is 1.00. The summed E-state index contributed by atoms with van der Waals surface area (Å²) < 4.78 is 34.1. The molecule has 1 rings (SSSR count). The molecule has 2 N–H and O–H groups in total. The van der Waals surface area contributed by atoms with E-state index in [0.717, 1.165) is 19.5 Å². The van der Waals surface area contributed by atoms with Crippen LogP contribution in [-0.4, -0.2) is 57.7 Å². The van der Waals surface area contributed by atoms with Crippen molar-refractivity contribution in [3.63, 3.8) is 0 Å². The molecule has 0 aromatic heterocycles. The molecule has 0 spiro atoms. The third kappa shape index (κ3) is 4.68. The van der Waals surface area contributed by atoms with E-state index < -0.39 is 15.7 Å². The van der Waals surface area contributed by atoms with Crippen LogP contribution in [0.3, 0.4) is 0 Å². The second kappa shape index (κ2) is 6.99. The van der Waals surface area contributed by atoms with Crippen molar-refractivity contribution in [3.05, 3.63) is 0 Å². The van der Waals surface area contributed by atoms with Crippen molar-refractivity contribution in [2.24, 2.45) is 0 Å². The van der Waals surface area contributed by atoms with Gasteiger partial charge in [-0.2, -0.15) is 17.4 Å². The van der Waals surface area contributed by atoms with Crippen molar-refractivity contribution < 1.29 is 13.2 Å². The molecular weight excluding hydrogens is 266 g/mol. The van der Waals surface area contributed by atoms with Crippen LogP contribution >= 0.6 is 0 Å². The molecular formula is C12H27N3O3S. The molecule has 1 saturated heterocycles. The van der Waals surface area contributed by atoms with Gasteiger partial charge in [0.25, 0.3) is 10.2 Å². The van der Waals surface area contributed by atoms with Gasteiger partial charge in [0.15, 0.2) is 0 Å². The Balaban J connectivity index is 2.50. The first-order valence-electron chi connectivity index (χ1n) is 6.89. The summed E-state index contributed by atoms with van der Waals surface area (Å²) in [6.45, 7) is 8.67. The van der Waals surface area contributed by atoms with E-state index in [0.29, 0.717) is 19.6 Å². The average Bonchev–Trinajstić information content (AvgIpc) is 2.63. The summed E-state index contributed by atoms with van der Waals surface area (Å²) in [6.07, 6.45) is 1.41. The molecule has 0 aromatic carbocycles. The highest BCUT2D eigenvalue weighted by Crippen LogP contribution is 2.26. The Morgan fingerprint density at radius 3 is 2.68 bits per heavy atom. The van der Waals surface area contributed by atoms with E-state index in [4.69, 9.17) is 4.74 Å². The summed E-state index contributed by atoms with van der Waals surface area (Å²) in [5.41, 5.74) is -0.505. The minimum Gasteiger partial charge on any atom is -0.376 e. The van der Waals surface area contributed by atoms with Crippen LogP contribution in [-0.2, 0) is 14.9 Å². The highest BCUT2D eigenvalue weighted by molar-refractivity contribution is 7.87. The second-order valence-electron chi connectivity index (χ2n) is 5.32. The van der Waals surface area contributed by atoms with Crippen LogP contribution in [0.25, 0.3) is 0 Å². The minimum atomic E-state index is -3.45. The number of hydrogen-bond acceptors (Lipinski definition) is 4. The van der Waals surface area contributed by atoms with Gasteiger partial charge < -0.3 is 10.1 Å². The zero-order valence-electron chi connectivity index (χ0n) is 12.4. The Morgan fingerprint density at radius 1 is 1.47 bits per heavy atom. The number of hydrogen-bond donors (Lipinski definition) is 2. The van der Waals surface area contributed by atoms with Gasteiger partial charge in [0.1, 0.15) is 0 Å². The molecule has 0 bridgehead atoms. The molecule has 0 saturated carbocycles. The van der Waals surface area contributed by atoms with Gasteiger partial charge in [-0.1, -0.05) is 6.92 Å². The monoisotopic (exact) mass is 293 g/mol. The first kappa shape index (κ1) is 16.8. The standard InChI is InChI=1S/C12H27N3O3S/c1-5-13-8-6-9-15(4)19(16,17)14-12(3)7-10-18-11(12)2/h11,13-14H,5-10H2,1-4H3. The van der Waals surface area contributed by atoms with Gasteiger partial charge in [-0.3, -0.25) is 0 Å². The van der Waals surface area contributed by atoms with Gasteiger partial charge in [0.2, 0.25) is 0 Å². The van der Waals surface area contributed by atoms with Crippen molar-refractivity contribution >= 4 is 10.2 Å². The fourth-order valence-electron chi connectivity index (χ4n) is 2.07. The van der Waals surface area contributed by atoms with Crippen molar-refractivity contribution in [3.8, 4) is 0 Å². The third-order valence-corrected chi connectivity index (χ3v) is 5.46. The molecule has 0 aliphatic carbocycles. The number of nitrogens with zero attached hydrogens (tertiary/aromatic N) is 1. The maximum absolute atomic E-state index is 12.2. The molecule has 1 aliphatic rings. The van der Waals surface area contributed by atoms with Gasteiger partial charge in [0.05, 0.1) is 11.6 Å². The lowest BCUT2D eigenvalue weighted by Crippen LogP contribution is -2.54. The molecule has 114 valence electrons. The Hall–Kier alpha value is -0.210. The summed E-state index contributed by atoms with van der Waals surface area (Å²) in [7, 11) is -1.84. The van der Waals surface area contributed by atoms with Crippen LogP contribution in [0, 0.1) is 0 Å². The Labute approximate surface area is 117 Å². The summed E-state index contributed by atoms with van der Waals surface area (Å²) >= 11 is 0. The Morgan fingerprint density at radius 2 is 2.16 bits per heavy atom. The highest BCUT2D eigenvalue weighted by Gasteiger charge is 2.41. The predicted octanol–water partition coefficient (Wildman–Crippen LogP) is 0.320. The molecule has 1 aliphatic heterocycles. The minimum absolute atomic E-state index is 0.0996. The van der Waals surface area contributed by atoms with Crippen LogP contribution < -0.4 is 10.0 Å². The lowest BCUT2D eigenvalue weighted by molar-refractivity contribution is 0.0952.